The number of aryl methyl sites for hydroxylation is 1. The van der Waals surface area contributed by atoms with Crippen LogP contribution in [-0.2, 0) is 22.9 Å². The van der Waals surface area contributed by atoms with Gasteiger partial charge in [-0.05, 0) is 6.42 Å². The fourth-order valence-corrected chi connectivity index (χ4v) is 2.48. The Bertz CT molecular complexity index is 399. The predicted molar refractivity (Wildman–Crippen MR) is 56.9 cm³/mol. The van der Waals surface area contributed by atoms with E-state index in [1.165, 1.54) is 4.68 Å². The molecular formula is C8H16N4O2S. The summed E-state index contributed by atoms with van der Waals surface area (Å²) in [7, 11) is -2.95. The first-order valence-corrected chi connectivity index (χ1v) is 6.69. The van der Waals surface area contributed by atoms with Gasteiger partial charge in [0.1, 0.15) is 0 Å². The largest absolute Gasteiger partial charge is 0.325 e. The van der Waals surface area contributed by atoms with Crippen molar-refractivity contribution >= 4 is 9.84 Å². The van der Waals surface area contributed by atoms with Crippen molar-refractivity contribution < 1.29 is 8.42 Å². The molecule has 0 unspecified atom stereocenters. The molecule has 0 bridgehead atoms. The molecule has 0 aromatic carbocycles. The highest BCUT2D eigenvalue weighted by Gasteiger charge is 2.09. The monoisotopic (exact) mass is 232 g/mol. The topological polar surface area (TPSA) is 90.9 Å². The summed E-state index contributed by atoms with van der Waals surface area (Å²) >= 11 is 0. The molecule has 1 aromatic rings. The van der Waals surface area contributed by atoms with Gasteiger partial charge in [-0.25, -0.2) is 8.42 Å². The maximum absolute atomic E-state index is 11.4. The highest BCUT2D eigenvalue weighted by Crippen LogP contribution is 1.97. The Labute approximate surface area is 89.4 Å². The van der Waals surface area contributed by atoms with E-state index in [2.05, 4.69) is 10.3 Å². The van der Waals surface area contributed by atoms with Crippen LogP contribution in [0.15, 0.2) is 6.20 Å². The maximum Gasteiger partial charge on any atom is 0.152 e. The van der Waals surface area contributed by atoms with E-state index in [0.717, 1.165) is 0 Å². The van der Waals surface area contributed by atoms with Crippen molar-refractivity contribution in [2.24, 2.45) is 5.73 Å². The molecule has 0 saturated carbocycles. The Balaban J connectivity index is 2.50. The van der Waals surface area contributed by atoms with Gasteiger partial charge in [-0.3, -0.25) is 4.68 Å². The number of hydrogen-bond donors (Lipinski definition) is 1. The first kappa shape index (κ1) is 12.1. The zero-order chi connectivity index (χ0) is 11.3. The van der Waals surface area contributed by atoms with Crippen molar-refractivity contribution in [1.29, 1.82) is 0 Å². The first-order chi connectivity index (χ1) is 7.07. The average Bonchev–Trinajstić information content (AvgIpc) is 2.62. The van der Waals surface area contributed by atoms with Gasteiger partial charge in [-0.1, -0.05) is 12.1 Å². The van der Waals surface area contributed by atoms with Crippen LogP contribution in [0.5, 0.6) is 0 Å². The quantitative estimate of drug-likeness (QED) is 0.718. The van der Waals surface area contributed by atoms with E-state index < -0.39 is 9.84 Å². The summed E-state index contributed by atoms with van der Waals surface area (Å²) in [6, 6.07) is 0. The van der Waals surface area contributed by atoms with Crippen molar-refractivity contribution in [2.75, 3.05) is 11.5 Å². The van der Waals surface area contributed by atoms with Gasteiger partial charge in [0.15, 0.2) is 9.84 Å². The molecule has 0 spiro atoms. The lowest BCUT2D eigenvalue weighted by Gasteiger charge is -2.01. The average molecular weight is 232 g/mol. The minimum absolute atomic E-state index is 0.105. The Hall–Kier alpha value is -0.950. The third-order valence-electron chi connectivity index (χ3n) is 1.94. The van der Waals surface area contributed by atoms with Crippen molar-refractivity contribution in [3.05, 3.63) is 11.9 Å². The SMILES string of the molecule is CCCS(=O)(=O)CCn1cc(CN)nn1. The molecule has 1 rings (SSSR count). The Morgan fingerprint density at radius 3 is 2.73 bits per heavy atom. The molecule has 0 radical (unpaired) electrons. The molecule has 0 atom stereocenters. The standard InChI is InChI=1S/C8H16N4O2S/c1-2-4-15(13,14)5-3-12-7-8(6-9)10-11-12/h7H,2-6,9H2,1H3. The Morgan fingerprint density at radius 2 is 2.20 bits per heavy atom. The summed E-state index contributed by atoms with van der Waals surface area (Å²) < 4.78 is 24.3. The molecule has 0 aliphatic carbocycles. The third-order valence-corrected chi connectivity index (χ3v) is 3.78. The summed E-state index contributed by atoms with van der Waals surface area (Å²) in [6.07, 6.45) is 2.31. The molecule has 15 heavy (non-hydrogen) atoms. The molecule has 7 heteroatoms. The second kappa shape index (κ2) is 5.22. The van der Waals surface area contributed by atoms with Crippen LogP contribution in [0.2, 0.25) is 0 Å². The van der Waals surface area contributed by atoms with E-state index >= 15 is 0 Å². The second-order valence-corrected chi connectivity index (χ2v) is 5.63. The van der Waals surface area contributed by atoms with Crippen LogP contribution in [0.25, 0.3) is 0 Å². The van der Waals surface area contributed by atoms with Gasteiger partial charge < -0.3 is 5.73 Å². The minimum atomic E-state index is -2.95. The fourth-order valence-electron chi connectivity index (χ4n) is 1.19. The molecule has 1 heterocycles. The smallest absolute Gasteiger partial charge is 0.152 e. The predicted octanol–water partition coefficient (Wildman–Crippen LogP) is -0.438. The van der Waals surface area contributed by atoms with Crippen LogP contribution in [0.1, 0.15) is 19.0 Å². The molecular weight excluding hydrogens is 216 g/mol. The van der Waals surface area contributed by atoms with E-state index in [1.807, 2.05) is 6.92 Å². The van der Waals surface area contributed by atoms with Crippen LogP contribution < -0.4 is 5.73 Å². The van der Waals surface area contributed by atoms with Crippen LogP contribution in [0.3, 0.4) is 0 Å². The molecule has 0 aliphatic rings. The van der Waals surface area contributed by atoms with Gasteiger partial charge in [-0.15, -0.1) is 5.10 Å². The molecule has 0 amide bonds. The lowest BCUT2D eigenvalue weighted by molar-refractivity contribution is 0.574. The summed E-state index contributed by atoms with van der Waals surface area (Å²) in [4.78, 5) is 0. The van der Waals surface area contributed by atoms with Crippen LogP contribution in [-0.4, -0.2) is 34.9 Å². The molecule has 0 fully saturated rings. The third kappa shape index (κ3) is 3.96. The normalized spacial score (nSPS) is 11.9. The van der Waals surface area contributed by atoms with Gasteiger partial charge in [0.05, 0.1) is 18.0 Å². The maximum atomic E-state index is 11.4. The summed E-state index contributed by atoms with van der Waals surface area (Å²) in [5.41, 5.74) is 6.03. The molecule has 86 valence electrons. The van der Waals surface area contributed by atoms with Gasteiger partial charge in [0, 0.05) is 18.5 Å². The summed E-state index contributed by atoms with van der Waals surface area (Å²) in [6.45, 7) is 2.51. The summed E-state index contributed by atoms with van der Waals surface area (Å²) in [5, 5.41) is 7.55. The number of nitrogens with zero attached hydrogens (tertiary/aromatic N) is 3. The minimum Gasteiger partial charge on any atom is -0.325 e. The lowest BCUT2D eigenvalue weighted by atomic mass is 10.5. The zero-order valence-corrected chi connectivity index (χ0v) is 9.57. The van der Waals surface area contributed by atoms with Gasteiger partial charge >= 0.3 is 0 Å². The molecule has 6 nitrogen and oxygen atoms in total. The number of sulfone groups is 1. The van der Waals surface area contributed by atoms with Crippen LogP contribution >= 0.6 is 0 Å². The van der Waals surface area contributed by atoms with Crippen LogP contribution in [0.4, 0.5) is 0 Å². The van der Waals surface area contributed by atoms with Crippen molar-refractivity contribution in [3.63, 3.8) is 0 Å². The number of aromatic nitrogens is 3. The number of rotatable bonds is 6. The van der Waals surface area contributed by atoms with E-state index in [1.54, 1.807) is 6.20 Å². The van der Waals surface area contributed by atoms with Crippen molar-refractivity contribution in [1.82, 2.24) is 15.0 Å². The van der Waals surface area contributed by atoms with Gasteiger partial charge in [0.25, 0.3) is 0 Å². The lowest BCUT2D eigenvalue weighted by Crippen LogP contribution is -2.16. The van der Waals surface area contributed by atoms with Crippen molar-refractivity contribution in [3.8, 4) is 0 Å². The number of hydrogen-bond acceptors (Lipinski definition) is 5. The zero-order valence-electron chi connectivity index (χ0n) is 8.76. The Kier molecular flexibility index (Phi) is 4.22. The van der Waals surface area contributed by atoms with E-state index in [0.29, 0.717) is 25.2 Å². The van der Waals surface area contributed by atoms with E-state index in [-0.39, 0.29) is 11.5 Å². The Morgan fingerprint density at radius 1 is 1.47 bits per heavy atom. The highest BCUT2D eigenvalue weighted by molar-refractivity contribution is 7.91. The molecule has 2 N–H and O–H groups in total. The van der Waals surface area contributed by atoms with Gasteiger partial charge in [-0.2, -0.15) is 0 Å². The molecule has 0 aliphatic heterocycles. The van der Waals surface area contributed by atoms with Crippen LogP contribution in [0, 0.1) is 0 Å². The number of nitrogens with two attached hydrogens (primary N) is 1. The summed E-state index contributed by atoms with van der Waals surface area (Å²) in [5.74, 6) is 0.333. The van der Waals surface area contributed by atoms with Crippen molar-refractivity contribution in [2.45, 2.75) is 26.4 Å². The first-order valence-electron chi connectivity index (χ1n) is 4.87. The van der Waals surface area contributed by atoms with E-state index in [9.17, 15) is 8.42 Å². The fraction of sp³-hybridized carbons (Fsp3) is 0.750. The van der Waals surface area contributed by atoms with E-state index in [4.69, 9.17) is 5.73 Å². The highest BCUT2D eigenvalue weighted by atomic mass is 32.2. The molecule has 0 saturated heterocycles. The second-order valence-electron chi connectivity index (χ2n) is 3.33. The van der Waals surface area contributed by atoms with Gasteiger partial charge in [0.2, 0.25) is 0 Å². The molecule has 1 aromatic heterocycles.